The van der Waals surface area contributed by atoms with Crippen molar-refractivity contribution in [2.75, 3.05) is 0 Å². The second-order valence-corrected chi connectivity index (χ2v) is 5.08. The first kappa shape index (κ1) is 15.5. The molecule has 2 aromatic rings. The summed E-state index contributed by atoms with van der Waals surface area (Å²) in [5.41, 5.74) is 3.25. The normalized spacial score (nSPS) is 10.8. The van der Waals surface area contributed by atoms with Gasteiger partial charge in [-0.25, -0.2) is 9.82 Å². The van der Waals surface area contributed by atoms with Gasteiger partial charge in [0.25, 0.3) is 0 Å². The highest BCUT2D eigenvalue weighted by Gasteiger charge is 2.05. The summed E-state index contributed by atoms with van der Waals surface area (Å²) in [5, 5.41) is 4.53. The van der Waals surface area contributed by atoms with Gasteiger partial charge in [0.15, 0.2) is 0 Å². The van der Waals surface area contributed by atoms with Crippen molar-refractivity contribution in [3.8, 4) is 0 Å². The van der Waals surface area contributed by atoms with Crippen molar-refractivity contribution in [2.45, 2.75) is 6.42 Å². The highest BCUT2D eigenvalue weighted by molar-refractivity contribution is 6.33. The van der Waals surface area contributed by atoms with Crippen molar-refractivity contribution < 1.29 is 9.18 Å². The van der Waals surface area contributed by atoms with Crippen LogP contribution >= 0.6 is 23.2 Å². The summed E-state index contributed by atoms with van der Waals surface area (Å²) in [4.78, 5) is 11.7. The molecule has 0 spiro atoms. The Bertz CT molecular complexity index is 652. The first-order chi connectivity index (χ1) is 10.1. The molecule has 3 nitrogen and oxygen atoms in total. The SMILES string of the molecule is O=C(Cc1ccc(Cl)cc1)N/N=C/c1c(F)cccc1Cl. The maximum absolute atomic E-state index is 13.5. The van der Waals surface area contributed by atoms with E-state index in [9.17, 15) is 9.18 Å². The molecule has 2 aromatic carbocycles. The minimum atomic E-state index is -0.502. The van der Waals surface area contributed by atoms with Crippen molar-refractivity contribution in [2.24, 2.45) is 5.10 Å². The lowest BCUT2D eigenvalue weighted by Crippen LogP contribution is -2.19. The van der Waals surface area contributed by atoms with Gasteiger partial charge in [0, 0.05) is 10.6 Å². The molecule has 0 saturated carbocycles. The van der Waals surface area contributed by atoms with Crippen LogP contribution in [0.3, 0.4) is 0 Å². The number of hydrogen-bond acceptors (Lipinski definition) is 2. The van der Waals surface area contributed by atoms with E-state index in [0.717, 1.165) is 5.56 Å². The van der Waals surface area contributed by atoms with E-state index in [4.69, 9.17) is 23.2 Å². The molecule has 2 rings (SSSR count). The van der Waals surface area contributed by atoms with Crippen LogP contribution in [0.4, 0.5) is 4.39 Å². The highest BCUT2D eigenvalue weighted by Crippen LogP contribution is 2.16. The van der Waals surface area contributed by atoms with Crippen molar-refractivity contribution in [1.29, 1.82) is 0 Å². The molecule has 0 unspecified atom stereocenters. The zero-order valence-electron chi connectivity index (χ0n) is 10.8. The second kappa shape index (κ2) is 7.20. The van der Waals surface area contributed by atoms with Crippen LogP contribution in [0, 0.1) is 5.82 Å². The molecule has 0 bridgehead atoms. The zero-order valence-corrected chi connectivity index (χ0v) is 12.3. The van der Waals surface area contributed by atoms with E-state index in [1.165, 1.54) is 18.3 Å². The van der Waals surface area contributed by atoms with E-state index < -0.39 is 5.82 Å². The molecule has 0 aliphatic rings. The lowest BCUT2D eigenvalue weighted by molar-refractivity contribution is -0.120. The standard InChI is InChI=1S/C15H11Cl2FN2O/c16-11-6-4-10(5-7-11)8-15(21)20-19-9-12-13(17)2-1-3-14(12)18/h1-7,9H,8H2,(H,20,21)/b19-9+. The molecule has 1 N–H and O–H groups in total. The number of hydrogen-bond donors (Lipinski definition) is 1. The van der Waals surface area contributed by atoms with E-state index in [1.807, 2.05) is 0 Å². The maximum Gasteiger partial charge on any atom is 0.244 e. The molecule has 0 heterocycles. The molecule has 1 amide bonds. The quantitative estimate of drug-likeness (QED) is 0.674. The van der Waals surface area contributed by atoms with Gasteiger partial charge in [-0.3, -0.25) is 4.79 Å². The second-order valence-electron chi connectivity index (χ2n) is 4.23. The number of benzene rings is 2. The van der Waals surface area contributed by atoms with Gasteiger partial charge in [-0.2, -0.15) is 5.10 Å². The molecule has 0 atom stereocenters. The third-order valence-corrected chi connectivity index (χ3v) is 3.24. The highest BCUT2D eigenvalue weighted by atomic mass is 35.5. The van der Waals surface area contributed by atoms with E-state index >= 15 is 0 Å². The van der Waals surface area contributed by atoms with E-state index in [2.05, 4.69) is 10.5 Å². The largest absolute Gasteiger partial charge is 0.273 e. The molecular weight excluding hydrogens is 314 g/mol. The first-order valence-corrected chi connectivity index (χ1v) is 6.82. The molecule has 6 heteroatoms. The average molecular weight is 325 g/mol. The van der Waals surface area contributed by atoms with Crippen LogP contribution < -0.4 is 5.43 Å². The number of carbonyl (C=O) groups is 1. The summed E-state index contributed by atoms with van der Waals surface area (Å²) in [7, 11) is 0. The summed E-state index contributed by atoms with van der Waals surface area (Å²) in [6.07, 6.45) is 1.33. The maximum atomic E-state index is 13.5. The number of halogens is 3. The van der Waals surface area contributed by atoms with Crippen LogP contribution in [0.1, 0.15) is 11.1 Å². The molecule has 0 fully saturated rings. The van der Waals surface area contributed by atoms with Crippen molar-refractivity contribution in [1.82, 2.24) is 5.43 Å². The lowest BCUT2D eigenvalue weighted by Gasteiger charge is -2.02. The van der Waals surface area contributed by atoms with Gasteiger partial charge in [-0.05, 0) is 29.8 Å². The minimum absolute atomic E-state index is 0.131. The predicted molar refractivity (Wildman–Crippen MR) is 82.3 cm³/mol. The average Bonchev–Trinajstić information content (AvgIpc) is 2.45. The Morgan fingerprint density at radius 1 is 1.19 bits per heavy atom. The van der Waals surface area contributed by atoms with Crippen molar-refractivity contribution in [3.05, 3.63) is 69.5 Å². The summed E-state index contributed by atoms with van der Waals surface area (Å²) >= 11 is 11.6. The topological polar surface area (TPSA) is 41.5 Å². The Hall–Kier alpha value is -1.91. The van der Waals surface area contributed by atoms with Crippen molar-refractivity contribution >= 4 is 35.3 Å². The van der Waals surface area contributed by atoms with Crippen LogP contribution in [0.25, 0.3) is 0 Å². The fourth-order valence-corrected chi connectivity index (χ4v) is 1.97. The van der Waals surface area contributed by atoms with Crippen LogP contribution in [-0.2, 0) is 11.2 Å². The van der Waals surface area contributed by atoms with Gasteiger partial charge in [-0.15, -0.1) is 0 Å². The van der Waals surface area contributed by atoms with E-state index in [-0.39, 0.29) is 22.9 Å². The minimum Gasteiger partial charge on any atom is -0.273 e. The Morgan fingerprint density at radius 3 is 2.57 bits per heavy atom. The third-order valence-electron chi connectivity index (χ3n) is 2.66. The van der Waals surface area contributed by atoms with Crippen molar-refractivity contribution in [3.63, 3.8) is 0 Å². The van der Waals surface area contributed by atoms with Gasteiger partial charge >= 0.3 is 0 Å². The zero-order chi connectivity index (χ0) is 15.2. The molecule has 0 aromatic heterocycles. The predicted octanol–water partition coefficient (Wildman–Crippen LogP) is 3.83. The summed E-state index contributed by atoms with van der Waals surface area (Å²) in [6, 6.07) is 11.2. The molecule has 0 aliphatic heterocycles. The Morgan fingerprint density at radius 2 is 1.90 bits per heavy atom. The molecule has 0 radical (unpaired) electrons. The summed E-state index contributed by atoms with van der Waals surface area (Å²) in [5.74, 6) is -0.820. The van der Waals surface area contributed by atoms with Crippen LogP contribution in [0.15, 0.2) is 47.6 Å². The van der Waals surface area contributed by atoms with E-state index in [0.29, 0.717) is 5.02 Å². The lowest BCUT2D eigenvalue weighted by atomic mass is 10.1. The number of rotatable bonds is 4. The van der Waals surface area contributed by atoms with Gasteiger partial charge in [-0.1, -0.05) is 41.4 Å². The molecule has 0 saturated heterocycles. The van der Waals surface area contributed by atoms with Crippen LogP contribution in [0.2, 0.25) is 10.0 Å². The monoisotopic (exact) mass is 324 g/mol. The van der Waals surface area contributed by atoms with Crippen LogP contribution in [-0.4, -0.2) is 12.1 Å². The first-order valence-electron chi connectivity index (χ1n) is 6.06. The van der Waals surface area contributed by atoms with Gasteiger partial charge in [0.1, 0.15) is 5.82 Å². The molecule has 108 valence electrons. The fourth-order valence-electron chi connectivity index (χ4n) is 1.63. The van der Waals surface area contributed by atoms with Crippen LogP contribution in [0.5, 0.6) is 0 Å². The smallest absolute Gasteiger partial charge is 0.244 e. The molecule has 0 aliphatic carbocycles. The van der Waals surface area contributed by atoms with Gasteiger partial charge in [0.2, 0.25) is 5.91 Å². The Labute approximate surface area is 131 Å². The third kappa shape index (κ3) is 4.55. The number of hydrazone groups is 1. The number of nitrogens with one attached hydrogen (secondary N) is 1. The molecule has 21 heavy (non-hydrogen) atoms. The van der Waals surface area contributed by atoms with Gasteiger partial charge in [0.05, 0.1) is 17.7 Å². The number of nitrogens with zero attached hydrogens (tertiary/aromatic N) is 1. The fraction of sp³-hybridized carbons (Fsp3) is 0.0667. The van der Waals surface area contributed by atoms with Gasteiger partial charge < -0.3 is 0 Å². The number of carbonyl (C=O) groups excluding carboxylic acids is 1. The Kier molecular flexibility index (Phi) is 5.31. The number of amides is 1. The van der Waals surface area contributed by atoms with E-state index in [1.54, 1.807) is 30.3 Å². The summed E-state index contributed by atoms with van der Waals surface area (Å²) in [6.45, 7) is 0. The summed E-state index contributed by atoms with van der Waals surface area (Å²) < 4.78 is 13.5. The Balaban J connectivity index is 1.95. The molecular formula is C15H11Cl2FN2O.